The van der Waals surface area contributed by atoms with E-state index in [1.807, 2.05) is 0 Å². The topological polar surface area (TPSA) is 51.2 Å². The Morgan fingerprint density at radius 1 is 1.35 bits per heavy atom. The minimum atomic E-state index is -4.46. The quantitative estimate of drug-likeness (QED) is 0.880. The molecule has 0 saturated carbocycles. The van der Waals surface area contributed by atoms with Gasteiger partial charge < -0.3 is 10.1 Å². The largest absolute Gasteiger partial charge is 0.482 e. The Labute approximate surface area is 115 Å². The lowest BCUT2D eigenvalue weighted by atomic mass is 10.2. The number of hydrogen-bond donors (Lipinski definition) is 1. The molecule has 20 heavy (non-hydrogen) atoms. The van der Waals surface area contributed by atoms with Crippen LogP contribution in [-0.2, 0) is 11.0 Å². The molecule has 0 spiro atoms. The van der Waals surface area contributed by atoms with Gasteiger partial charge in [-0.1, -0.05) is 0 Å². The molecule has 0 radical (unpaired) electrons. The Hall–Kier alpha value is -2.09. The number of halogens is 3. The van der Waals surface area contributed by atoms with Crippen molar-refractivity contribution in [3.05, 3.63) is 29.3 Å². The summed E-state index contributed by atoms with van der Waals surface area (Å²) in [6, 6.07) is 4.75. The highest BCUT2D eigenvalue weighted by Gasteiger charge is 2.33. The number of carbonyl (C=O) groups is 1. The van der Waals surface area contributed by atoms with E-state index in [-0.39, 0.29) is 17.5 Å². The fourth-order valence-electron chi connectivity index (χ4n) is 1.75. The van der Waals surface area contributed by atoms with Crippen LogP contribution in [0.25, 0.3) is 10.6 Å². The molecule has 0 atom stereocenters. The van der Waals surface area contributed by atoms with Gasteiger partial charge in [-0.05, 0) is 18.2 Å². The SMILES string of the molecule is O=C1COc2ccc(-c3nc(C(F)(F)F)cs3)cc2N1. The van der Waals surface area contributed by atoms with Crippen LogP contribution in [0.4, 0.5) is 18.9 Å². The molecule has 4 nitrogen and oxygen atoms in total. The lowest BCUT2D eigenvalue weighted by Gasteiger charge is -2.18. The van der Waals surface area contributed by atoms with Crippen LogP contribution in [0.15, 0.2) is 23.6 Å². The van der Waals surface area contributed by atoms with Crippen molar-refractivity contribution < 1.29 is 22.7 Å². The van der Waals surface area contributed by atoms with Gasteiger partial charge in [-0.15, -0.1) is 11.3 Å². The van der Waals surface area contributed by atoms with E-state index in [9.17, 15) is 18.0 Å². The van der Waals surface area contributed by atoms with Gasteiger partial charge in [0.1, 0.15) is 10.8 Å². The van der Waals surface area contributed by atoms with E-state index in [1.165, 1.54) is 0 Å². The monoisotopic (exact) mass is 300 g/mol. The third kappa shape index (κ3) is 2.34. The van der Waals surface area contributed by atoms with E-state index < -0.39 is 11.9 Å². The van der Waals surface area contributed by atoms with Crippen LogP contribution in [-0.4, -0.2) is 17.5 Å². The summed E-state index contributed by atoms with van der Waals surface area (Å²) in [6.45, 7) is -0.0676. The Morgan fingerprint density at radius 3 is 2.85 bits per heavy atom. The number of hydrogen-bond acceptors (Lipinski definition) is 4. The fourth-order valence-corrected chi connectivity index (χ4v) is 2.58. The number of fused-ring (bicyclic) bond motifs is 1. The molecular weight excluding hydrogens is 293 g/mol. The number of aromatic nitrogens is 1. The van der Waals surface area contributed by atoms with Crippen molar-refractivity contribution in [1.29, 1.82) is 0 Å². The smallest absolute Gasteiger partial charge is 0.434 e. The molecule has 1 aliphatic rings. The van der Waals surface area contributed by atoms with Gasteiger partial charge >= 0.3 is 6.18 Å². The highest BCUT2D eigenvalue weighted by molar-refractivity contribution is 7.13. The highest BCUT2D eigenvalue weighted by atomic mass is 32.1. The first-order chi connectivity index (χ1) is 9.43. The molecule has 104 valence electrons. The van der Waals surface area contributed by atoms with Crippen molar-refractivity contribution in [2.75, 3.05) is 11.9 Å². The number of amides is 1. The van der Waals surface area contributed by atoms with Crippen LogP contribution in [0.3, 0.4) is 0 Å². The van der Waals surface area contributed by atoms with E-state index in [0.717, 1.165) is 16.7 Å². The van der Waals surface area contributed by atoms with Crippen LogP contribution in [0.1, 0.15) is 5.69 Å². The van der Waals surface area contributed by atoms with Gasteiger partial charge in [0.25, 0.3) is 5.91 Å². The van der Waals surface area contributed by atoms with Crippen molar-refractivity contribution in [3.8, 4) is 16.3 Å². The molecule has 8 heteroatoms. The number of benzene rings is 1. The Kier molecular flexibility index (Phi) is 2.89. The summed E-state index contributed by atoms with van der Waals surface area (Å²) in [6.07, 6.45) is -4.46. The average molecular weight is 300 g/mol. The van der Waals surface area contributed by atoms with Crippen molar-refractivity contribution in [3.63, 3.8) is 0 Å². The maximum atomic E-state index is 12.5. The molecule has 1 amide bonds. The van der Waals surface area contributed by atoms with Crippen LogP contribution in [0.2, 0.25) is 0 Å². The number of ether oxygens (including phenoxy) is 1. The molecular formula is C12H7F3N2O2S. The van der Waals surface area contributed by atoms with Crippen LogP contribution in [0, 0.1) is 0 Å². The molecule has 0 fully saturated rings. The maximum absolute atomic E-state index is 12.5. The van der Waals surface area contributed by atoms with E-state index in [1.54, 1.807) is 18.2 Å². The van der Waals surface area contributed by atoms with E-state index in [2.05, 4.69) is 10.3 Å². The van der Waals surface area contributed by atoms with Crippen LogP contribution < -0.4 is 10.1 Å². The van der Waals surface area contributed by atoms with E-state index in [4.69, 9.17) is 4.74 Å². The van der Waals surface area contributed by atoms with Gasteiger partial charge in [0.05, 0.1) is 5.69 Å². The van der Waals surface area contributed by atoms with Crippen molar-refractivity contribution in [2.24, 2.45) is 0 Å². The van der Waals surface area contributed by atoms with E-state index in [0.29, 0.717) is 17.0 Å². The molecule has 1 aliphatic heterocycles. The number of nitrogens with one attached hydrogen (secondary N) is 1. The van der Waals surface area contributed by atoms with Crippen molar-refractivity contribution in [1.82, 2.24) is 4.98 Å². The normalized spacial score (nSPS) is 14.4. The lowest BCUT2D eigenvalue weighted by Crippen LogP contribution is -2.25. The summed E-state index contributed by atoms with van der Waals surface area (Å²) in [5, 5.41) is 3.80. The summed E-state index contributed by atoms with van der Waals surface area (Å²) in [5.74, 6) is 0.186. The molecule has 1 aromatic heterocycles. The van der Waals surface area contributed by atoms with E-state index >= 15 is 0 Å². The minimum Gasteiger partial charge on any atom is -0.482 e. The van der Waals surface area contributed by atoms with Crippen LogP contribution >= 0.6 is 11.3 Å². The van der Waals surface area contributed by atoms with Gasteiger partial charge in [-0.25, -0.2) is 4.98 Å². The van der Waals surface area contributed by atoms with Gasteiger partial charge in [0.2, 0.25) is 0 Å². The second kappa shape index (κ2) is 4.48. The molecule has 2 heterocycles. The average Bonchev–Trinajstić information content (AvgIpc) is 2.87. The first-order valence-electron chi connectivity index (χ1n) is 5.53. The number of rotatable bonds is 1. The van der Waals surface area contributed by atoms with Gasteiger partial charge in [0.15, 0.2) is 12.3 Å². The molecule has 1 N–H and O–H groups in total. The maximum Gasteiger partial charge on any atom is 0.434 e. The van der Waals surface area contributed by atoms with Crippen molar-refractivity contribution in [2.45, 2.75) is 6.18 Å². The molecule has 0 aliphatic carbocycles. The predicted molar refractivity (Wildman–Crippen MR) is 66.7 cm³/mol. The Morgan fingerprint density at radius 2 is 2.15 bits per heavy atom. The first kappa shape index (κ1) is 12.9. The zero-order valence-corrected chi connectivity index (χ0v) is 10.6. The molecule has 3 rings (SSSR count). The standard InChI is InChI=1S/C12H7F3N2O2S/c13-12(14,15)9-5-20-11(17-9)6-1-2-8-7(3-6)16-10(18)4-19-8/h1-3,5H,4H2,(H,16,18). The Bertz CT molecular complexity index is 682. The predicted octanol–water partition coefficient (Wildman–Crippen LogP) is 3.16. The first-order valence-corrected chi connectivity index (χ1v) is 6.41. The van der Waals surface area contributed by atoms with Gasteiger partial charge in [0, 0.05) is 10.9 Å². The molecule has 1 aromatic carbocycles. The fraction of sp³-hybridized carbons (Fsp3) is 0.167. The second-order valence-electron chi connectivity index (χ2n) is 4.08. The van der Waals surface area contributed by atoms with Crippen LogP contribution in [0.5, 0.6) is 5.75 Å². The Balaban J connectivity index is 1.97. The zero-order valence-electron chi connectivity index (χ0n) is 9.82. The number of nitrogens with zero attached hydrogens (tertiary/aromatic N) is 1. The zero-order chi connectivity index (χ0) is 14.3. The summed E-state index contributed by atoms with van der Waals surface area (Å²) in [4.78, 5) is 14.8. The van der Waals surface area contributed by atoms with Crippen molar-refractivity contribution >= 4 is 22.9 Å². The van der Waals surface area contributed by atoms with Gasteiger partial charge in [-0.2, -0.15) is 13.2 Å². The summed E-state index contributed by atoms with van der Waals surface area (Å²) in [7, 11) is 0. The third-order valence-electron chi connectivity index (χ3n) is 2.65. The second-order valence-corrected chi connectivity index (χ2v) is 4.94. The van der Waals surface area contributed by atoms with Gasteiger partial charge in [-0.3, -0.25) is 4.79 Å². The number of anilines is 1. The summed E-state index contributed by atoms with van der Waals surface area (Å²) in [5.41, 5.74) is 0.00747. The number of thiazole rings is 1. The summed E-state index contributed by atoms with van der Waals surface area (Å²) >= 11 is 0.896. The molecule has 0 unspecified atom stereocenters. The molecule has 2 aromatic rings. The number of carbonyl (C=O) groups excluding carboxylic acids is 1. The molecule has 0 saturated heterocycles. The summed E-state index contributed by atoms with van der Waals surface area (Å²) < 4.78 is 42.7. The molecule has 0 bridgehead atoms. The highest BCUT2D eigenvalue weighted by Crippen LogP contribution is 2.36. The minimum absolute atomic E-state index is 0.0676. The number of alkyl halides is 3. The third-order valence-corrected chi connectivity index (χ3v) is 3.55. The lowest BCUT2D eigenvalue weighted by molar-refractivity contribution is -0.140.